The molecule has 0 aromatic heterocycles. The van der Waals surface area contributed by atoms with Gasteiger partial charge in [-0.3, -0.25) is 9.59 Å². The van der Waals surface area contributed by atoms with Crippen molar-refractivity contribution in [2.45, 2.75) is 31.7 Å². The number of nitrogens with one attached hydrogen (secondary N) is 1. The van der Waals surface area contributed by atoms with Gasteiger partial charge in [0, 0.05) is 18.0 Å². The molecule has 5 nitrogen and oxygen atoms in total. The minimum atomic E-state index is -0.864. The topological polar surface area (TPSA) is 75.6 Å². The maximum Gasteiger partial charge on any atom is 0.303 e. The summed E-state index contributed by atoms with van der Waals surface area (Å²) in [4.78, 5) is 23.3. The number of para-hydroxylation sites is 1. The molecule has 25 heavy (non-hydrogen) atoms. The number of carbonyl (C=O) groups is 2. The number of aliphatic carboxylic acids is 1. The molecule has 0 aliphatic rings. The predicted molar refractivity (Wildman–Crippen MR) is 95.6 cm³/mol. The molecule has 0 bridgehead atoms. The molecule has 2 aromatic carbocycles. The molecular weight excluding hydrogens is 318 g/mol. The molecule has 2 aromatic rings. The second-order valence-electron chi connectivity index (χ2n) is 5.88. The normalized spacial score (nSPS) is 11.6. The van der Waals surface area contributed by atoms with Crippen LogP contribution < -0.4 is 10.1 Å². The Labute approximate surface area is 147 Å². The zero-order chi connectivity index (χ0) is 18.1. The molecule has 1 amide bonds. The van der Waals surface area contributed by atoms with E-state index >= 15 is 0 Å². The monoisotopic (exact) mass is 341 g/mol. The van der Waals surface area contributed by atoms with Crippen LogP contribution in [0.15, 0.2) is 54.6 Å². The van der Waals surface area contributed by atoms with Crippen molar-refractivity contribution in [3.8, 4) is 5.75 Å². The third-order valence-electron chi connectivity index (χ3n) is 3.94. The van der Waals surface area contributed by atoms with Crippen molar-refractivity contribution in [3.63, 3.8) is 0 Å². The van der Waals surface area contributed by atoms with Gasteiger partial charge < -0.3 is 15.2 Å². The van der Waals surface area contributed by atoms with Gasteiger partial charge in [0.2, 0.25) is 5.91 Å². The van der Waals surface area contributed by atoms with Crippen LogP contribution in [-0.4, -0.2) is 30.1 Å². The summed E-state index contributed by atoms with van der Waals surface area (Å²) in [5, 5.41) is 11.9. The number of ether oxygens (including phenoxy) is 1. The molecule has 2 N–H and O–H groups in total. The fourth-order valence-corrected chi connectivity index (χ4v) is 2.72. The van der Waals surface area contributed by atoms with Crippen molar-refractivity contribution >= 4 is 11.9 Å². The van der Waals surface area contributed by atoms with Gasteiger partial charge in [-0.1, -0.05) is 48.5 Å². The fourth-order valence-electron chi connectivity index (χ4n) is 2.72. The van der Waals surface area contributed by atoms with Crippen LogP contribution in [-0.2, 0) is 22.4 Å². The van der Waals surface area contributed by atoms with E-state index in [0.717, 1.165) is 11.1 Å². The Kier molecular flexibility index (Phi) is 7.01. The summed E-state index contributed by atoms with van der Waals surface area (Å²) in [7, 11) is 1.57. The Hall–Kier alpha value is -2.82. The molecule has 1 unspecified atom stereocenters. The number of hydrogen-bond acceptors (Lipinski definition) is 3. The first-order chi connectivity index (χ1) is 12.1. The van der Waals surface area contributed by atoms with Crippen molar-refractivity contribution in [1.29, 1.82) is 0 Å². The molecule has 0 radical (unpaired) electrons. The van der Waals surface area contributed by atoms with Crippen molar-refractivity contribution in [2.24, 2.45) is 0 Å². The summed E-state index contributed by atoms with van der Waals surface area (Å²) in [5.41, 5.74) is 1.87. The third-order valence-corrected chi connectivity index (χ3v) is 3.94. The van der Waals surface area contributed by atoms with Crippen molar-refractivity contribution in [2.75, 3.05) is 7.11 Å². The first kappa shape index (κ1) is 18.5. The maximum atomic E-state index is 12.4. The van der Waals surface area contributed by atoms with E-state index in [1.165, 1.54) is 0 Å². The molecule has 5 heteroatoms. The second-order valence-corrected chi connectivity index (χ2v) is 5.88. The lowest BCUT2D eigenvalue weighted by Gasteiger charge is -2.19. The van der Waals surface area contributed by atoms with E-state index in [4.69, 9.17) is 9.84 Å². The fraction of sp³-hybridized carbons (Fsp3) is 0.300. The number of carboxylic acids is 1. The standard InChI is InChI=1S/C20H23NO4/c1-25-18-10-6-5-9-16(18)14-19(22)21-17(11-12-20(23)24)13-15-7-3-2-4-8-15/h2-10,17H,11-14H2,1H3,(H,21,22)(H,23,24). The van der Waals surface area contributed by atoms with Crippen LogP contribution >= 0.6 is 0 Å². The van der Waals surface area contributed by atoms with E-state index in [1.807, 2.05) is 54.6 Å². The number of rotatable bonds is 9. The SMILES string of the molecule is COc1ccccc1CC(=O)NC(CCC(=O)O)Cc1ccccc1. The highest BCUT2D eigenvalue weighted by Gasteiger charge is 2.16. The Morgan fingerprint density at radius 1 is 1.08 bits per heavy atom. The van der Waals surface area contributed by atoms with Crippen LogP contribution in [0.2, 0.25) is 0 Å². The lowest BCUT2D eigenvalue weighted by Crippen LogP contribution is -2.37. The van der Waals surface area contributed by atoms with E-state index in [2.05, 4.69) is 5.32 Å². The minimum absolute atomic E-state index is 0.0203. The molecule has 0 saturated carbocycles. The quantitative estimate of drug-likeness (QED) is 0.735. The van der Waals surface area contributed by atoms with Gasteiger partial charge in [0.25, 0.3) is 0 Å². The van der Waals surface area contributed by atoms with E-state index in [-0.39, 0.29) is 24.8 Å². The molecule has 0 aliphatic carbocycles. The van der Waals surface area contributed by atoms with Gasteiger partial charge in [0.1, 0.15) is 5.75 Å². The molecule has 0 spiro atoms. The average Bonchev–Trinajstić information content (AvgIpc) is 2.61. The Morgan fingerprint density at radius 3 is 2.44 bits per heavy atom. The van der Waals surface area contributed by atoms with E-state index in [9.17, 15) is 9.59 Å². The molecule has 0 aliphatic heterocycles. The van der Waals surface area contributed by atoms with Gasteiger partial charge in [-0.2, -0.15) is 0 Å². The van der Waals surface area contributed by atoms with Crippen molar-refractivity contribution < 1.29 is 19.4 Å². The number of hydrogen-bond donors (Lipinski definition) is 2. The Balaban J connectivity index is 2.01. The van der Waals surface area contributed by atoms with Crippen LogP contribution in [0, 0.1) is 0 Å². The molecule has 1 atom stereocenters. The highest BCUT2D eigenvalue weighted by molar-refractivity contribution is 5.79. The lowest BCUT2D eigenvalue weighted by molar-refractivity contribution is -0.137. The second kappa shape index (κ2) is 9.47. The Morgan fingerprint density at radius 2 is 1.76 bits per heavy atom. The largest absolute Gasteiger partial charge is 0.496 e. The smallest absolute Gasteiger partial charge is 0.303 e. The van der Waals surface area contributed by atoms with Crippen LogP contribution in [0.1, 0.15) is 24.0 Å². The number of carbonyl (C=O) groups excluding carboxylic acids is 1. The van der Waals surface area contributed by atoms with E-state index in [0.29, 0.717) is 18.6 Å². The molecular formula is C20H23NO4. The number of carboxylic acid groups (broad SMARTS) is 1. The zero-order valence-electron chi connectivity index (χ0n) is 14.3. The van der Waals surface area contributed by atoms with Gasteiger partial charge in [-0.25, -0.2) is 0 Å². The molecule has 0 saturated heterocycles. The van der Waals surface area contributed by atoms with Gasteiger partial charge >= 0.3 is 5.97 Å². The predicted octanol–water partition coefficient (Wildman–Crippen LogP) is 2.83. The number of benzene rings is 2. The van der Waals surface area contributed by atoms with E-state index < -0.39 is 5.97 Å². The van der Waals surface area contributed by atoms with Crippen LogP contribution in [0.3, 0.4) is 0 Å². The highest BCUT2D eigenvalue weighted by Crippen LogP contribution is 2.18. The maximum absolute atomic E-state index is 12.4. The van der Waals surface area contributed by atoms with Crippen LogP contribution in [0.5, 0.6) is 5.75 Å². The summed E-state index contributed by atoms with van der Waals surface area (Å²) in [6.07, 6.45) is 1.21. The summed E-state index contributed by atoms with van der Waals surface area (Å²) in [5.74, 6) is -0.337. The van der Waals surface area contributed by atoms with Crippen molar-refractivity contribution in [1.82, 2.24) is 5.32 Å². The summed E-state index contributed by atoms with van der Waals surface area (Å²) >= 11 is 0. The third kappa shape index (κ3) is 6.30. The van der Waals surface area contributed by atoms with Crippen molar-refractivity contribution in [3.05, 3.63) is 65.7 Å². The first-order valence-electron chi connectivity index (χ1n) is 8.25. The van der Waals surface area contributed by atoms with Crippen LogP contribution in [0.4, 0.5) is 0 Å². The van der Waals surface area contributed by atoms with Gasteiger partial charge in [0.05, 0.1) is 13.5 Å². The van der Waals surface area contributed by atoms with E-state index in [1.54, 1.807) is 7.11 Å². The molecule has 0 fully saturated rings. The lowest BCUT2D eigenvalue weighted by atomic mass is 10.0. The van der Waals surface area contributed by atoms with Crippen LogP contribution in [0.25, 0.3) is 0 Å². The number of methoxy groups -OCH3 is 1. The molecule has 2 rings (SSSR count). The summed E-state index contributed by atoms with van der Waals surface area (Å²) in [6.45, 7) is 0. The van der Waals surface area contributed by atoms with Gasteiger partial charge in [0.15, 0.2) is 0 Å². The number of amides is 1. The zero-order valence-corrected chi connectivity index (χ0v) is 14.3. The average molecular weight is 341 g/mol. The highest BCUT2D eigenvalue weighted by atomic mass is 16.5. The molecule has 0 heterocycles. The van der Waals surface area contributed by atoms with Gasteiger partial charge in [-0.15, -0.1) is 0 Å². The Bertz CT molecular complexity index is 700. The summed E-state index contributed by atoms with van der Waals surface area (Å²) in [6, 6.07) is 16.9. The van der Waals surface area contributed by atoms with Gasteiger partial charge in [-0.05, 0) is 24.5 Å². The molecule has 132 valence electrons. The minimum Gasteiger partial charge on any atom is -0.496 e. The summed E-state index contributed by atoms with van der Waals surface area (Å²) < 4.78 is 5.27. The first-order valence-corrected chi connectivity index (χ1v) is 8.25.